The predicted molar refractivity (Wildman–Crippen MR) is 88.1 cm³/mol. The second kappa shape index (κ2) is 6.67. The van der Waals surface area contributed by atoms with E-state index < -0.39 is 0 Å². The summed E-state index contributed by atoms with van der Waals surface area (Å²) in [6, 6.07) is 0. The van der Waals surface area contributed by atoms with Crippen LogP contribution in [0.2, 0.25) is 0 Å². The van der Waals surface area contributed by atoms with Gasteiger partial charge in [0, 0.05) is 19.6 Å². The molecule has 0 spiro atoms. The molecular weight excluding hydrogens is 284 g/mol. The topological polar surface area (TPSA) is 58.1 Å². The third-order valence-corrected chi connectivity index (χ3v) is 4.57. The number of carbonyl (C=O) groups is 1. The predicted octanol–water partition coefficient (Wildman–Crippen LogP) is 3.08. The largest absolute Gasteiger partial charge is 0.366 e. The minimum Gasteiger partial charge on any atom is -0.366 e. The molecule has 112 valence electrons. The molecule has 0 saturated heterocycles. The molecule has 2 aromatic rings. The lowest BCUT2D eigenvalue weighted by Gasteiger charge is -2.17. The van der Waals surface area contributed by atoms with E-state index in [0.29, 0.717) is 19.6 Å². The van der Waals surface area contributed by atoms with Crippen molar-refractivity contribution in [2.45, 2.75) is 20.8 Å². The highest BCUT2D eigenvalue weighted by atomic mass is 32.1. The van der Waals surface area contributed by atoms with E-state index in [1.165, 1.54) is 17.7 Å². The van der Waals surface area contributed by atoms with E-state index in [4.69, 9.17) is 0 Å². The third kappa shape index (κ3) is 2.90. The number of rotatable bonds is 6. The third-order valence-electron chi connectivity index (χ3n) is 3.39. The van der Waals surface area contributed by atoms with Gasteiger partial charge in [0.15, 0.2) is 0 Å². The summed E-state index contributed by atoms with van der Waals surface area (Å²) < 4.78 is 0. The fourth-order valence-corrected chi connectivity index (χ4v) is 3.35. The van der Waals surface area contributed by atoms with Crippen molar-refractivity contribution in [2.75, 3.05) is 25.0 Å². The molecule has 0 bridgehead atoms. The Balaban J connectivity index is 2.50. The molecule has 1 N–H and O–H groups in total. The van der Waals surface area contributed by atoms with Crippen molar-refractivity contribution in [1.29, 1.82) is 0 Å². The molecule has 0 aromatic carbocycles. The van der Waals surface area contributed by atoms with Crippen molar-refractivity contribution in [3.63, 3.8) is 0 Å². The first kappa shape index (κ1) is 15.4. The summed E-state index contributed by atoms with van der Waals surface area (Å²) in [4.78, 5) is 24.5. The maximum atomic E-state index is 12.6. The van der Waals surface area contributed by atoms with Gasteiger partial charge in [-0.05, 0) is 26.3 Å². The van der Waals surface area contributed by atoms with Gasteiger partial charge in [0.2, 0.25) is 0 Å². The Morgan fingerprint density at radius 1 is 1.43 bits per heavy atom. The number of anilines is 1. The minimum atomic E-state index is 0.0650. The highest BCUT2D eigenvalue weighted by Crippen LogP contribution is 2.33. The van der Waals surface area contributed by atoms with Gasteiger partial charge in [-0.25, -0.2) is 9.97 Å². The number of hydrogen-bond donors (Lipinski definition) is 1. The van der Waals surface area contributed by atoms with Gasteiger partial charge in [0.05, 0.1) is 10.3 Å². The van der Waals surface area contributed by atoms with E-state index in [1.807, 2.05) is 25.7 Å². The fraction of sp³-hybridized carbons (Fsp3) is 0.400. The Morgan fingerprint density at radius 3 is 2.76 bits per heavy atom. The number of carbonyl (C=O) groups excluding carboxylic acids is 1. The number of aromatic nitrogens is 2. The molecule has 0 aliphatic heterocycles. The molecule has 2 heterocycles. The summed E-state index contributed by atoms with van der Waals surface area (Å²) in [5.41, 5.74) is 0.944. The van der Waals surface area contributed by atoms with Crippen LogP contribution in [0.25, 0.3) is 10.2 Å². The summed E-state index contributed by atoms with van der Waals surface area (Å²) in [6.07, 6.45) is 3.30. The van der Waals surface area contributed by atoms with Crippen LogP contribution >= 0.6 is 11.3 Å². The molecule has 0 aliphatic rings. The van der Waals surface area contributed by atoms with E-state index in [0.717, 1.165) is 26.5 Å². The Morgan fingerprint density at radius 2 is 2.14 bits per heavy atom. The Kier molecular flexibility index (Phi) is 4.90. The van der Waals surface area contributed by atoms with Crippen molar-refractivity contribution < 1.29 is 4.79 Å². The van der Waals surface area contributed by atoms with Crippen LogP contribution in [0.3, 0.4) is 0 Å². The zero-order chi connectivity index (χ0) is 15.4. The molecule has 0 unspecified atom stereocenters. The summed E-state index contributed by atoms with van der Waals surface area (Å²) >= 11 is 1.43. The Labute approximate surface area is 128 Å². The number of thiophene rings is 1. The second-order valence-electron chi connectivity index (χ2n) is 4.61. The Bertz CT molecular complexity index is 661. The summed E-state index contributed by atoms with van der Waals surface area (Å²) in [6.45, 7) is 11.7. The number of nitrogens with zero attached hydrogens (tertiary/aromatic N) is 3. The average Bonchev–Trinajstić information content (AvgIpc) is 2.84. The van der Waals surface area contributed by atoms with Gasteiger partial charge in [-0.1, -0.05) is 6.08 Å². The van der Waals surface area contributed by atoms with Crippen molar-refractivity contribution in [2.24, 2.45) is 0 Å². The second-order valence-corrected chi connectivity index (χ2v) is 5.60. The van der Waals surface area contributed by atoms with Gasteiger partial charge in [-0.3, -0.25) is 4.79 Å². The van der Waals surface area contributed by atoms with E-state index in [-0.39, 0.29) is 5.91 Å². The molecule has 0 fully saturated rings. The van der Waals surface area contributed by atoms with Crippen LogP contribution in [-0.2, 0) is 0 Å². The molecule has 21 heavy (non-hydrogen) atoms. The zero-order valence-electron chi connectivity index (χ0n) is 12.6. The summed E-state index contributed by atoms with van der Waals surface area (Å²) in [7, 11) is 0. The fourth-order valence-electron chi connectivity index (χ4n) is 2.23. The van der Waals surface area contributed by atoms with Gasteiger partial charge in [-0.2, -0.15) is 0 Å². The molecule has 0 aliphatic carbocycles. The van der Waals surface area contributed by atoms with Crippen molar-refractivity contribution in [1.82, 2.24) is 14.9 Å². The quantitative estimate of drug-likeness (QED) is 0.833. The average molecular weight is 304 g/mol. The molecule has 2 aromatic heterocycles. The highest BCUT2D eigenvalue weighted by molar-refractivity contribution is 7.20. The molecule has 1 amide bonds. The van der Waals surface area contributed by atoms with Gasteiger partial charge >= 0.3 is 0 Å². The zero-order valence-corrected chi connectivity index (χ0v) is 13.5. The molecule has 0 atom stereocenters. The molecule has 2 rings (SSSR count). The lowest BCUT2D eigenvalue weighted by Crippen LogP contribution is -2.30. The van der Waals surface area contributed by atoms with Crippen LogP contribution in [0, 0.1) is 6.92 Å². The standard InChI is InChI=1S/C15H20N4OS/c1-5-8-16-13-11-10(4)12(15(20)19(6-2)7-3)21-14(11)18-9-17-13/h5,9H,1,6-8H2,2-4H3,(H,16,17,18). The number of aryl methyl sites for hydroxylation is 1. The van der Waals surface area contributed by atoms with Crippen molar-refractivity contribution in [3.05, 3.63) is 29.4 Å². The molecule has 0 radical (unpaired) electrons. The van der Waals surface area contributed by atoms with E-state index in [9.17, 15) is 4.79 Å². The lowest BCUT2D eigenvalue weighted by atomic mass is 10.2. The van der Waals surface area contributed by atoms with Crippen LogP contribution in [0.15, 0.2) is 19.0 Å². The van der Waals surface area contributed by atoms with Crippen LogP contribution in [0.1, 0.15) is 29.1 Å². The number of fused-ring (bicyclic) bond motifs is 1. The monoisotopic (exact) mass is 304 g/mol. The molecule has 0 saturated carbocycles. The SMILES string of the molecule is C=CCNc1ncnc2sc(C(=O)N(CC)CC)c(C)c12. The first-order chi connectivity index (χ1) is 10.1. The maximum Gasteiger partial charge on any atom is 0.264 e. The first-order valence-corrected chi connectivity index (χ1v) is 7.83. The van der Waals surface area contributed by atoms with Crippen LogP contribution in [0.4, 0.5) is 5.82 Å². The van der Waals surface area contributed by atoms with Gasteiger partial charge in [0.25, 0.3) is 5.91 Å². The van der Waals surface area contributed by atoms with Crippen LogP contribution < -0.4 is 5.32 Å². The first-order valence-electron chi connectivity index (χ1n) is 7.02. The number of nitrogens with one attached hydrogen (secondary N) is 1. The van der Waals surface area contributed by atoms with Crippen LogP contribution in [0.5, 0.6) is 0 Å². The van der Waals surface area contributed by atoms with Gasteiger partial charge < -0.3 is 10.2 Å². The smallest absolute Gasteiger partial charge is 0.264 e. The lowest BCUT2D eigenvalue weighted by molar-refractivity contribution is 0.0777. The number of hydrogen-bond acceptors (Lipinski definition) is 5. The van der Waals surface area contributed by atoms with Crippen molar-refractivity contribution in [3.8, 4) is 0 Å². The van der Waals surface area contributed by atoms with E-state index in [2.05, 4.69) is 21.9 Å². The van der Waals surface area contributed by atoms with Gasteiger partial charge in [-0.15, -0.1) is 17.9 Å². The Hall–Kier alpha value is -1.95. The van der Waals surface area contributed by atoms with Crippen LogP contribution in [-0.4, -0.2) is 40.4 Å². The summed E-state index contributed by atoms with van der Waals surface area (Å²) in [5, 5.41) is 4.13. The minimum absolute atomic E-state index is 0.0650. The molecule has 6 heteroatoms. The van der Waals surface area contributed by atoms with E-state index in [1.54, 1.807) is 6.08 Å². The van der Waals surface area contributed by atoms with E-state index >= 15 is 0 Å². The number of amides is 1. The molecule has 5 nitrogen and oxygen atoms in total. The van der Waals surface area contributed by atoms with Gasteiger partial charge in [0.1, 0.15) is 17.0 Å². The highest BCUT2D eigenvalue weighted by Gasteiger charge is 2.21. The normalized spacial score (nSPS) is 10.6. The summed E-state index contributed by atoms with van der Waals surface area (Å²) in [5.74, 6) is 0.822. The van der Waals surface area contributed by atoms with Crippen molar-refractivity contribution >= 4 is 33.3 Å². The maximum absolute atomic E-state index is 12.6. The molecular formula is C15H20N4OS.